The molecule has 0 aromatic carbocycles. The summed E-state index contributed by atoms with van der Waals surface area (Å²) in [6, 6.07) is 0.277. The monoisotopic (exact) mass is 254 g/mol. The van der Waals surface area contributed by atoms with Crippen molar-refractivity contribution in [3.63, 3.8) is 0 Å². The maximum atomic E-state index is 12.0. The van der Waals surface area contributed by atoms with Gasteiger partial charge in [-0.15, -0.1) is 11.3 Å². The molecule has 1 aromatic rings. The van der Waals surface area contributed by atoms with Gasteiger partial charge < -0.3 is 10.0 Å². The largest absolute Gasteiger partial charge is 0.476 e. The van der Waals surface area contributed by atoms with E-state index in [9.17, 15) is 9.59 Å². The zero-order valence-electron chi connectivity index (χ0n) is 9.55. The van der Waals surface area contributed by atoms with Gasteiger partial charge in [-0.2, -0.15) is 0 Å². The first-order valence-electron chi connectivity index (χ1n) is 5.55. The highest BCUT2D eigenvalue weighted by molar-refractivity contribution is 7.11. The van der Waals surface area contributed by atoms with Gasteiger partial charge in [0.15, 0.2) is 10.7 Å². The number of carboxylic acids is 1. The van der Waals surface area contributed by atoms with Gasteiger partial charge in [0.05, 0.1) is 0 Å². The number of aromatic carboxylic acids is 1. The van der Waals surface area contributed by atoms with Crippen LogP contribution in [0.5, 0.6) is 0 Å². The molecule has 1 N–H and O–H groups in total. The number of thiazole rings is 1. The number of carboxylic acid groups (broad SMARTS) is 1. The quantitative estimate of drug-likeness (QED) is 0.893. The van der Waals surface area contributed by atoms with Gasteiger partial charge in [-0.3, -0.25) is 4.79 Å². The second-order valence-corrected chi connectivity index (χ2v) is 5.06. The van der Waals surface area contributed by atoms with Crippen LogP contribution in [0.2, 0.25) is 0 Å². The molecule has 5 nitrogen and oxygen atoms in total. The standard InChI is InChI=1S/C11H14N2O3S/c1-13(7-4-2-3-5-7)10(14)9-12-8(6-17-9)11(15)16/h6-7H,2-5H2,1H3,(H,15,16). The Labute approximate surface area is 103 Å². The minimum atomic E-state index is -1.09. The molecule has 0 spiro atoms. The van der Waals surface area contributed by atoms with E-state index in [1.165, 1.54) is 5.38 Å². The number of aromatic nitrogens is 1. The molecule has 6 heteroatoms. The van der Waals surface area contributed by atoms with Crippen LogP contribution in [-0.4, -0.2) is 40.0 Å². The maximum absolute atomic E-state index is 12.0. The molecule has 0 atom stereocenters. The Bertz CT molecular complexity index is 438. The number of hydrogen-bond donors (Lipinski definition) is 1. The van der Waals surface area contributed by atoms with Crippen molar-refractivity contribution >= 4 is 23.2 Å². The summed E-state index contributed by atoms with van der Waals surface area (Å²) in [5.74, 6) is -1.27. The zero-order chi connectivity index (χ0) is 12.4. The predicted molar refractivity (Wildman–Crippen MR) is 63.4 cm³/mol. The van der Waals surface area contributed by atoms with Crippen molar-refractivity contribution in [1.82, 2.24) is 9.88 Å². The lowest BCUT2D eigenvalue weighted by atomic mass is 10.2. The van der Waals surface area contributed by atoms with Crippen LogP contribution < -0.4 is 0 Å². The van der Waals surface area contributed by atoms with Crippen molar-refractivity contribution < 1.29 is 14.7 Å². The van der Waals surface area contributed by atoms with E-state index in [1.54, 1.807) is 11.9 Å². The van der Waals surface area contributed by atoms with E-state index in [0.29, 0.717) is 0 Å². The van der Waals surface area contributed by atoms with Gasteiger partial charge in [-0.05, 0) is 12.8 Å². The Morgan fingerprint density at radius 1 is 1.47 bits per heavy atom. The molecule has 0 aliphatic heterocycles. The van der Waals surface area contributed by atoms with Crippen LogP contribution in [0, 0.1) is 0 Å². The smallest absolute Gasteiger partial charge is 0.355 e. The fourth-order valence-corrected chi connectivity index (χ4v) is 2.85. The van der Waals surface area contributed by atoms with Crippen LogP contribution in [0.1, 0.15) is 46.0 Å². The summed E-state index contributed by atoms with van der Waals surface area (Å²) in [5.41, 5.74) is -0.0572. The van der Waals surface area contributed by atoms with E-state index >= 15 is 0 Å². The van der Waals surface area contributed by atoms with E-state index < -0.39 is 5.97 Å². The maximum Gasteiger partial charge on any atom is 0.355 e. The molecule has 0 radical (unpaired) electrons. The Balaban J connectivity index is 2.09. The number of rotatable bonds is 3. The van der Waals surface area contributed by atoms with Gasteiger partial charge in [0.1, 0.15) is 0 Å². The first-order valence-corrected chi connectivity index (χ1v) is 6.43. The fraction of sp³-hybridized carbons (Fsp3) is 0.545. The van der Waals surface area contributed by atoms with Gasteiger partial charge in [0, 0.05) is 18.5 Å². The zero-order valence-corrected chi connectivity index (χ0v) is 10.4. The second-order valence-electron chi connectivity index (χ2n) is 4.20. The van der Waals surface area contributed by atoms with Crippen molar-refractivity contribution in [2.75, 3.05) is 7.05 Å². The fourth-order valence-electron chi connectivity index (χ4n) is 2.08. The number of amides is 1. The molecule has 1 aliphatic rings. The summed E-state index contributed by atoms with van der Waals surface area (Å²) >= 11 is 1.09. The molecule has 0 unspecified atom stereocenters. The molecule has 1 amide bonds. The average molecular weight is 254 g/mol. The van der Waals surface area contributed by atoms with E-state index in [2.05, 4.69) is 4.98 Å². The van der Waals surface area contributed by atoms with Crippen molar-refractivity contribution in [1.29, 1.82) is 0 Å². The first-order chi connectivity index (χ1) is 8.09. The summed E-state index contributed by atoms with van der Waals surface area (Å²) in [6.07, 6.45) is 4.36. The van der Waals surface area contributed by atoms with Crippen molar-refractivity contribution in [2.24, 2.45) is 0 Å². The highest BCUT2D eigenvalue weighted by Crippen LogP contribution is 2.24. The molecule has 1 aliphatic carbocycles. The molecular formula is C11H14N2O3S. The predicted octanol–water partition coefficient (Wildman–Crippen LogP) is 1.86. The lowest BCUT2D eigenvalue weighted by Gasteiger charge is -2.22. The van der Waals surface area contributed by atoms with Gasteiger partial charge in [-0.25, -0.2) is 9.78 Å². The number of carbonyl (C=O) groups is 2. The van der Waals surface area contributed by atoms with Gasteiger partial charge in [0.25, 0.3) is 5.91 Å². The Morgan fingerprint density at radius 2 is 2.12 bits per heavy atom. The van der Waals surface area contributed by atoms with E-state index in [0.717, 1.165) is 37.0 Å². The summed E-state index contributed by atoms with van der Waals surface area (Å²) in [4.78, 5) is 28.3. The molecular weight excluding hydrogens is 240 g/mol. The molecule has 1 saturated carbocycles. The van der Waals surface area contributed by atoms with Crippen molar-refractivity contribution in [3.8, 4) is 0 Å². The van der Waals surface area contributed by atoms with Crippen LogP contribution >= 0.6 is 11.3 Å². The van der Waals surface area contributed by atoms with Crippen LogP contribution in [0.15, 0.2) is 5.38 Å². The van der Waals surface area contributed by atoms with Gasteiger partial charge in [0.2, 0.25) is 0 Å². The minimum Gasteiger partial charge on any atom is -0.476 e. The first kappa shape index (κ1) is 12.0. The Hall–Kier alpha value is -1.43. The number of hydrogen-bond acceptors (Lipinski definition) is 4. The highest BCUT2D eigenvalue weighted by atomic mass is 32.1. The van der Waals surface area contributed by atoms with Crippen LogP contribution in [0.4, 0.5) is 0 Å². The normalized spacial score (nSPS) is 16.1. The summed E-state index contributed by atoms with van der Waals surface area (Å²) < 4.78 is 0. The van der Waals surface area contributed by atoms with Gasteiger partial charge >= 0.3 is 5.97 Å². The van der Waals surface area contributed by atoms with Crippen LogP contribution in [-0.2, 0) is 0 Å². The molecule has 17 heavy (non-hydrogen) atoms. The molecule has 1 fully saturated rings. The third kappa shape index (κ3) is 2.46. The third-order valence-electron chi connectivity index (χ3n) is 3.10. The van der Waals surface area contributed by atoms with E-state index in [1.807, 2.05) is 0 Å². The molecule has 0 bridgehead atoms. The van der Waals surface area contributed by atoms with Gasteiger partial charge in [-0.1, -0.05) is 12.8 Å². The van der Waals surface area contributed by atoms with Crippen molar-refractivity contribution in [2.45, 2.75) is 31.7 Å². The summed E-state index contributed by atoms with van der Waals surface area (Å²) in [5, 5.41) is 10.4. The van der Waals surface area contributed by atoms with E-state index in [-0.39, 0.29) is 22.7 Å². The number of nitrogens with zero attached hydrogens (tertiary/aromatic N) is 2. The van der Waals surface area contributed by atoms with Crippen LogP contribution in [0.3, 0.4) is 0 Å². The van der Waals surface area contributed by atoms with E-state index in [4.69, 9.17) is 5.11 Å². The van der Waals surface area contributed by atoms with Crippen LogP contribution in [0.25, 0.3) is 0 Å². The molecule has 92 valence electrons. The lowest BCUT2D eigenvalue weighted by Crippen LogP contribution is -2.35. The number of carbonyl (C=O) groups excluding carboxylic acids is 1. The molecule has 2 rings (SSSR count). The minimum absolute atomic E-state index is 0.0572. The average Bonchev–Trinajstić information content (AvgIpc) is 2.97. The SMILES string of the molecule is CN(C(=O)c1nc(C(=O)O)cs1)C1CCCC1. The lowest BCUT2D eigenvalue weighted by molar-refractivity contribution is 0.0691. The molecule has 0 saturated heterocycles. The Morgan fingerprint density at radius 3 is 2.65 bits per heavy atom. The summed E-state index contributed by atoms with van der Waals surface area (Å²) in [6.45, 7) is 0. The molecule has 1 aromatic heterocycles. The topological polar surface area (TPSA) is 70.5 Å². The Kier molecular flexibility index (Phi) is 3.42. The van der Waals surface area contributed by atoms with Crippen molar-refractivity contribution in [3.05, 3.63) is 16.1 Å². The third-order valence-corrected chi connectivity index (χ3v) is 3.93. The second kappa shape index (κ2) is 4.83. The highest BCUT2D eigenvalue weighted by Gasteiger charge is 2.26. The summed E-state index contributed by atoms with van der Waals surface area (Å²) in [7, 11) is 1.76. The molecule has 1 heterocycles.